The van der Waals surface area contributed by atoms with E-state index in [0.717, 1.165) is 25.8 Å². The Hall–Kier alpha value is -0.970. The molecule has 1 aromatic carbocycles. The van der Waals surface area contributed by atoms with Crippen LogP contribution < -0.4 is 4.74 Å². The molecule has 1 fully saturated rings. The fourth-order valence-corrected chi connectivity index (χ4v) is 2.56. The molecule has 1 atom stereocenters. The molecule has 1 saturated heterocycles. The number of piperidine rings is 1. The van der Waals surface area contributed by atoms with E-state index in [1.807, 2.05) is 23.1 Å². The maximum absolute atomic E-state index is 11.1. The number of nitrogens with zero attached hydrogens (tertiary/aromatic N) is 1. The van der Waals surface area contributed by atoms with Crippen LogP contribution >= 0.6 is 24.0 Å². The lowest BCUT2D eigenvalue weighted by molar-refractivity contribution is -0.144. The predicted octanol–water partition coefficient (Wildman–Crippen LogP) is 3.08. The van der Waals surface area contributed by atoms with Gasteiger partial charge in [-0.3, -0.25) is 9.69 Å². The number of para-hydroxylation sites is 1. The molecule has 0 saturated carbocycles. The molecule has 2 rings (SSSR count). The Morgan fingerprint density at radius 2 is 2.15 bits per heavy atom. The van der Waals surface area contributed by atoms with Crippen LogP contribution in [0.1, 0.15) is 19.3 Å². The van der Waals surface area contributed by atoms with Crippen LogP contribution in [-0.2, 0) is 4.79 Å². The standard InChI is InChI=1S/C14H18ClNO3.ClH/c15-11-5-1-2-7-13(11)19-10-9-16-8-4-3-6-12(16)14(17)18;/h1-2,5,7,12H,3-4,6,8-10H2,(H,17,18);1H. The van der Waals surface area contributed by atoms with Crippen LogP contribution in [0.2, 0.25) is 5.02 Å². The number of hydrogen-bond acceptors (Lipinski definition) is 3. The summed E-state index contributed by atoms with van der Waals surface area (Å²) >= 11 is 5.99. The number of benzene rings is 1. The third-order valence-electron chi connectivity index (χ3n) is 3.37. The van der Waals surface area contributed by atoms with Gasteiger partial charge in [0, 0.05) is 6.54 Å². The van der Waals surface area contributed by atoms with Gasteiger partial charge in [-0.15, -0.1) is 12.4 Å². The SMILES string of the molecule is Cl.O=C(O)C1CCCCN1CCOc1ccccc1Cl. The lowest BCUT2D eigenvalue weighted by Crippen LogP contribution is -2.46. The molecule has 1 aromatic rings. The van der Waals surface area contributed by atoms with E-state index in [9.17, 15) is 4.79 Å². The smallest absolute Gasteiger partial charge is 0.320 e. The number of likely N-dealkylation sites (tertiary alicyclic amines) is 1. The molecule has 1 aliphatic rings. The average molecular weight is 320 g/mol. The Balaban J connectivity index is 0.00000200. The molecule has 0 aliphatic carbocycles. The van der Waals surface area contributed by atoms with Crippen LogP contribution in [0, 0.1) is 0 Å². The van der Waals surface area contributed by atoms with Crippen LogP contribution in [0.25, 0.3) is 0 Å². The number of carbonyl (C=O) groups is 1. The molecule has 112 valence electrons. The predicted molar refractivity (Wildman–Crippen MR) is 81.0 cm³/mol. The summed E-state index contributed by atoms with van der Waals surface area (Å²) in [6.07, 6.45) is 2.76. The summed E-state index contributed by atoms with van der Waals surface area (Å²) in [6, 6.07) is 6.93. The Morgan fingerprint density at radius 1 is 1.40 bits per heavy atom. The van der Waals surface area contributed by atoms with E-state index in [1.54, 1.807) is 6.07 Å². The average Bonchev–Trinajstić information content (AvgIpc) is 2.41. The number of aliphatic carboxylic acids is 1. The largest absolute Gasteiger partial charge is 0.491 e. The quantitative estimate of drug-likeness (QED) is 0.906. The Labute approximate surface area is 130 Å². The Kier molecular flexibility index (Phi) is 7.13. The normalized spacial score (nSPS) is 19.1. The molecule has 20 heavy (non-hydrogen) atoms. The van der Waals surface area contributed by atoms with Crippen molar-refractivity contribution in [2.75, 3.05) is 19.7 Å². The Morgan fingerprint density at radius 3 is 2.85 bits per heavy atom. The van der Waals surface area contributed by atoms with E-state index in [2.05, 4.69) is 0 Å². The van der Waals surface area contributed by atoms with Crippen LogP contribution in [0.3, 0.4) is 0 Å². The van der Waals surface area contributed by atoms with Gasteiger partial charge >= 0.3 is 5.97 Å². The molecule has 1 N–H and O–H groups in total. The first-order chi connectivity index (χ1) is 9.18. The van der Waals surface area contributed by atoms with Crippen LogP contribution in [-0.4, -0.2) is 41.7 Å². The van der Waals surface area contributed by atoms with Gasteiger partial charge in [0.15, 0.2) is 0 Å². The molecule has 0 bridgehead atoms. The number of hydrogen-bond donors (Lipinski definition) is 1. The van der Waals surface area contributed by atoms with Gasteiger partial charge in [0.1, 0.15) is 18.4 Å². The van der Waals surface area contributed by atoms with Crippen molar-refractivity contribution in [1.82, 2.24) is 4.90 Å². The second kappa shape index (κ2) is 8.35. The van der Waals surface area contributed by atoms with Gasteiger partial charge in [-0.2, -0.15) is 0 Å². The third kappa shape index (κ3) is 4.54. The first-order valence-corrected chi connectivity index (χ1v) is 6.90. The van der Waals surface area contributed by atoms with Crippen molar-refractivity contribution in [2.24, 2.45) is 0 Å². The first kappa shape index (κ1) is 17.1. The summed E-state index contributed by atoms with van der Waals surface area (Å²) in [7, 11) is 0. The molecule has 1 aliphatic heterocycles. The Bertz CT molecular complexity index is 442. The van der Waals surface area contributed by atoms with Crippen molar-refractivity contribution in [3.63, 3.8) is 0 Å². The summed E-state index contributed by atoms with van der Waals surface area (Å²) in [5.41, 5.74) is 0. The molecule has 0 radical (unpaired) electrons. The van der Waals surface area contributed by atoms with Gasteiger partial charge in [0.25, 0.3) is 0 Å². The van der Waals surface area contributed by atoms with E-state index in [-0.39, 0.29) is 18.4 Å². The lowest BCUT2D eigenvalue weighted by Gasteiger charge is -2.32. The van der Waals surface area contributed by atoms with Crippen molar-refractivity contribution in [1.29, 1.82) is 0 Å². The number of carboxylic acids is 1. The minimum atomic E-state index is -0.738. The second-order valence-corrected chi connectivity index (χ2v) is 5.07. The molecular formula is C14H19Cl2NO3. The van der Waals surface area contributed by atoms with Gasteiger partial charge in [-0.25, -0.2) is 0 Å². The highest BCUT2D eigenvalue weighted by atomic mass is 35.5. The summed E-state index contributed by atoms with van der Waals surface area (Å²) in [4.78, 5) is 13.1. The molecule has 1 heterocycles. The van der Waals surface area contributed by atoms with E-state index in [4.69, 9.17) is 21.4 Å². The molecule has 4 nitrogen and oxygen atoms in total. The van der Waals surface area contributed by atoms with Gasteiger partial charge in [-0.1, -0.05) is 30.2 Å². The first-order valence-electron chi connectivity index (χ1n) is 6.52. The van der Waals surface area contributed by atoms with E-state index >= 15 is 0 Å². The van der Waals surface area contributed by atoms with Crippen molar-refractivity contribution in [3.8, 4) is 5.75 Å². The van der Waals surface area contributed by atoms with Crippen molar-refractivity contribution in [3.05, 3.63) is 29.3 Å². The number of halogens is 2. The lowest BCUT2D eigenvalue weighted by atomic mass is 10.0. The highest BCUT2D eigenvalue weighted by molar-refractivity contribution is 6.32. The summed E-state index contributed by atoms with van der Waals surface area (Å²) in [5, 5.41) is 9.75. The topological polar surface area (TPSA) is 49.8 Å². The van der Waals surface area contributed by atoms with Gasteiger partial charge < -0.3 is 9.84 Å². The summed E-state index contributed by atoms with van der Waals surface area (Å²) in [6.45, 7) is 1.89. The molecular weight excluding hydrogens is 301 g/mol. The van der Waals surface area contributed by atoms with Crippen molar-refractivity contribution in [2.45, 2.75) is 25.3 Å². The minimum Gasteiger partial charge on any atom is -0.491 e. The minimum absolute atomic E-state index is 0. The number of ether oxygens (including phenoxy) is 1. The van der Waals surface area contributed by atoms with E-state index in [1.165, 1.54) is 0 Å². The third-order valence-corrected chi connectivity index (χ3v) is 3.68. The fraction of sp³-hybridized carbons (Fsp3) is 0.500. The maximum Gasteiger partial charge on any atom is 0.320 e. The highest BCUT2D eigenvalue weighted by Gasteiger charge is 2.27. The van der Waals surface area contributed by atoms with Crippen LogP contribution in [0.15, 0.2) is 24.3 Å². The van der Waals surface area contributed by atoms with Crippen LogP contribution in [0.4, 0.5) is 0 Å². The molecule has 1 unspecified atom stereocenters. The number of carboxylic acid groups (broad SMARTS) is 1. The molecule has 0 aromatic heterocycles. The van der Waals surface area contributed by atoms with E-state index < -0.39 is 5.97 Å². The van der Waals surface area contributed by atoms with Crippen molar-refractivity contribution < 1.29 is 14.6 Å². The molecule has 0 amide bonds. The maximum atomic E-state index is 11.1. The second-order valence-electron chi connectivity index (χ2n) is 4.66. The molecule has 0 spiro atoms. The monoisotopic (exact) mass is 319 g/mol. The van der Waals surface area contributed by atoms with Crippen molar-refractivity contribution >= 4 is 30.0 Å². The fourth-order valence-electron chi connectivity index (χ4n) is 2.37. The summed E-state index contributed by atoms with van der Waals surface area (Å²) < 4.78 is 5.60. The van der Waals surface area contributed by atoms with Crippen LogP contribution in [0.5, 0.6) is 5.75 Å². The van der Waals surface area contributed by atoms with Gasteiger partial charge in [0.05, 0.1) is 5.02 Å². The zero-order chi connectivity index (χ0) is 13.7. The van der Waals surface area contributed by atoms with E-state index in [0.29, 0.717) is 23.9 Å². The highest BCUT2D eigenvalue weighted by Crippen LogP contribution is 2.23. The zero-order valence-electron chi connectivity index (χ0n) is 11.1. The zero-order valence-corrected chi connectivity index (χ0v) is 12.7. The van der Waals surface area contributed by atoms with Gasteiger partial charge in [0.2, 0.25) is 0 Å². The number of rotatable bonds is 5. The van der Waals surface area contributed by atoms with Gasteiger partial charge in [-0.05, 0) is 31.5 Å². The molecule has 6 heteroatoms. The summed E-state index contributed by atoms with van der Waals surface area (Å²) in [5.74, 6) is -0.0921.